The van der Waals surface area contributed by atoms with Gasteiger partial charge in [0.2, 0.25) is 5.95 Å². The predicted molar refractivity (Wildman–Crippen MR) is 101 cm³/mol. The molecule has 9 heteroatoms. The van der Waals surface area contributed by atoms with Gasteiger partial charge in [0.25, 0.3) is 5.91 Å². The summed E-state index contributed by atoms with van der Waals surface area (Å²) >= 11 is 0. The van der Waals surface area contributed by atoms with Gasteiger partial charge in [-0.1, -0.05) is 5.16 Å². The Balaban J connectivity index is 1.50. The average Bonchev–Trinajstić information content (AvgIpc) is 3.16. The summed E-state index contributed by atoms with van der Waals surface area (Å²) in [5, 5.41) is 12.8. The molecule has 0 radical (unpaired) electrons. The number of carbonyl (C=O) groups is 1. The molecule has 140 valence electrons. The van der Waals surface area contributed by atoms with E-state index in [1.807, 2.05) is 26.0 Å². The van der Waals surface area contributed by atoms with Crippen molar-refractivity contribution in [1.82, 2.24) is 25.4 Å². The maximum atomic E-state index is 12.2. The molecule has 0 bridgehead atoms. The fourth-order valence-corrected chi connectivity index (χ4v) is 2.39. The monoisotopic (exact) mass is 367 g/mol. The molecule has 3 aromatic heterocycles. The molecular formula is C18H21N7O2. The number of nitrogens with zero attached hydrogens (tertiary/aromatic N) is 4. The molecule has 9 nitrogen and oxygen atoms in total. The third kappa shape index (κ3) is 5.00. The standard InChI is InChI=1S/C18H21N7O2/c1-3-20-16-9-12(2)23-18(24-16)22-8-7-21-17(26)14-10-15(27-25-14)13-5-4-6-19-11-13/h4-6,9-11H,3,7-8H2,1-2H3,(H,21,26)(H2,20,22,23,24). The Hall–Kier alpha value is -3.49. The van der Waals surface area contributed by atoms with Gasteiger partial charge in [0, 0.05) is 55.4 Å². The number of amides is 1. The number of carbonyl (C=O) groups excluding carboxylic acids is 1. The van der Waals surface area contributed by atoms with E-state index >= 15 is 0 Å². The van der Waals surface area contributed by atoms with Gasteiger partial charge in [-0.15, -0.1) is 0 Å². The molecular weight excluding hydrogens is 346 g/mol. The van der Waals surface area contributed by atoms with Gasteiger partial charge in [-0.05, 0) is 26.0 Å². The van der Waals surface area contributed by atoms with Crippen molar-refractivity contribution in [1.29, 1.82) is 0 Å². The van der Waals surface area contributed by atoms with E-state index in [-0.39, 0.29) is 11.6 Å². The molecule has 0 spiro atoms. The average molecular weight is 367 g/mol. The van der Waals surface area contributed by atoms with Crippen molar-refractivity contribution in [3.05, 3.63) is 48.0 Å². The minimum atomic E-state index is -0.311. The summed E-state index contributed by atoms with van der Waals surface area (Å²) in [6, 6.07) is 7.09. The number of aryl methyl sites for hydroxylation is 1. The molecule has 3 rings (SSSR count). The first-order valence-corrected chi connectivity index (χ1v) is 8.64. The quantitative estimate of drug-likeness (QED) is 0.518. The van der Waals surface area contributed by atoms with Crippen LogP contribution in [0.5, 0.6) is 0 Å². The molecule has 0 fully saturated rings. The first kappa shape index (κ1) is 18.3. The highest BCUT2D eigenvalue weighted by molar-refractivity contribution is 5.93. The number of hydrogen-bond acceptors (Lipinski definition) is 8. The van der Waals surface area contributed by atoms with Gasteiger partial charge in [0.05, 0.1) is 0 Å². The summed E-state index contributed by atoms with van der Waals surface area (Å²) in [6.07, 6.45) is 3.31. The third-order valence-electron chi connectivity index (χ3n) is 3.59. The number of aromatic nitrogens is 4. The van der Waals surface area contributed by atoms with Crippen molar-refractivity contribution in [3.63, 3.8) is 0 Å². The predicted octanol–water partition coefficient (Wildman–Crippen LogP) is 2.11. The molecule has 3 heterocycles. The molecule has 0 atom stereocenters. The van der Waals surface area contributed by atoms with Crippen LogP contribution < -0.4 is 16.0 Å². The van der Waals surface area contributed by atoms with Gasteiger partial charge in [0.15, 0.2) is 11.5 Å². The van der Waals surface area contributed by atoms with Crippen LogP contribution in [0.25, 0.3) is 11.3 Å². The van der Waals surface area contributed by atoms with Gasteiger partial charge in [0.1, 0.15) is 5.82 Å². The zero-order chi connectivity index (χ0) is 19.1. The molecule has 3 aromatic rings. The van der Waals surface area contributed by atoms with Crippen LogP contribution in [0.1, 0.15) is 23.1 Å². The number of nitrogens with one attached hydrogen (secondary N) is 3. The van der Waals surface area contributed by atoms with Crippen molar-refractivity contribution in [2.45, 2.75) is 13.8 Å². The molecule has 0 aliphatic carbocycles. The fourth-order valence-electron chi connectivity index (χ4n) is 2.39. The molecule has 0 saturated carbocycles. The number of rotatable bonds is 8. The highest BCUT2D eigenvalue weighted by Gasteiger charge is 2.13. The summed E-state index contributed by atoms with van der Waals surface area (Å²) in [5.41, 5.74) is 1.84. The minimum absolute atomic E-state index is 0.218. The highest BCUT2D eigenvalue weighted by atomic mass is 16.5. The van der Waals surface area contributed by atoms with Crippen LogP contribution >= 0.6 is 0 Å². The van der Waals surface area contributed by atoms with E-state index in [0.717, 1.165) is 23.6 Å². The first-order valence-electron chi connectivity index (χ1n) is 8.64. The SMILES string of the molecule is CCNc1cc(C)nc(NCCNC(=O)c2cc(-c3cccnc3)on2)n1. The smallest absolute Gasteiger partial charge is 0.273 e. The van der Waals surface area contributed by atoms with Crippen LogP contribution in [0, 0.1) is 6.92 Å². The Labute approximate surface area is 156 Å². The van der Waals surface area contributed by atoms with E-state index in [1.165, 1.54) is 0 Å². The number of pyridine rings is 1. The second-order valence-corrected chi connectivity index (χ2v) is 5.75. The lowest BCUT2D eigenvalue weighted by Crippen LogP contribution is -2.29. The zero-order valence-electron chi connectivity index (χ0n) is 15.2. The Morgan fingerprint density at radius 2 is 2.07 bits per heavy atom. The Bertz CT molecular complexity index is 896. The van der Waals surface area contributed by atoms with Gasteiger partial charge >= 0.3 is 0 Å². The van der Waals surface area contributed by atoms with Gasteiger partial charge in [-0.2, -0.15) is 4.98 Å². The Kier molecular flexibility index (Phi) is 5.93. The second-order valence-electron chi connectivity index (χ2n) is 5.75. The summed E-state index contributed by atoms with van der Waals surface area (Å²) < 4.78 is 5.20. The minimum Gasteiger partial charge on any atom is -0.370 e. The molecule has 1 amide bonds. The van der Waals surface area contributed by atoms with Crippen molar-refractivity contribution >= 4 is 17.7 Å². The lowest BCUT2D eigenvalue weighted by Gasteiger charge is -2.09. The molecule has 0 aliphatic heterocycles. The van der Waals surface area contributed by atoms with Gasteiger partial charge < -0.3 is 20.5 Å². The molecule has 27 heavy (non-hydrogen) atoms. The van der Waals surface area contributed by atoms with Crippen LogP contribution in [-0.4, -0.2) is 45.7 Å². The van der Waals surface area contributed by atoms with E-state index in [1.54, 1.807) is 24.5 Å². The summed E-state index contributed by atoms with van der Waals surface area (Å²) in [5.74, 6) is 1.47. The van der Waals surface area contributed by atoms with E-state index < -0.39 is 0 Å². The normalized spacial score (nSPS) is 10.4. The van der Waals surface area contributed by atoms with E-state index in [9.17, 15) is 4.79 Å². The third-order valence-corrected chi connectivity index (χ3v) is 3.59. The van der Waals surface area contributed by atoms with Crippen LogP contribution in [0.4, 0.5) is 11.8 Å². The Morgan fingerprint density at radius 3 is 2.85 bits per heavy atom. The lowest BCUT2D eigenvalue weighted by atomic mass is 10.2. The summed E-state index contributed by atoms with van der Waals surface area (Å²) in [6.45, 7) is 5.56. The molecule has 0 unspecified atom stereocenters. The maximum Gasteiger partial charge on any atom is 0.273 e. The van der Waals surface area contributed by atoms with E-state index in [2.05, 4.69) is 36.1 Å². The second kappa shape index (κ2) is 8.75. The fraction of sp³-hybridized carbons (Fsp3) is 0.278. The van der Waals surface area contributed by atoms with Crippen molar-refractivity contribution in [2.24, 2.45) is 0 Å². The van der Waals surface area contributed by atoms with Crippen LogP contribution in [0.2, 0.25) is 0 Å². The molecule has 0 aliphatic rings. The van der Waals surface area contributed by atoms with Crippen LogP contribution in [0.3, 0.4) is 0 Å². The maximum absolute atomic E-state index is 12.2. The number of anilines is 2. The van der Waals surface area contributed by atoms with Crippen LogP contribution in [0.15, 0.2) is 41.2 Å². The number of hydrogen-bond donors (Lipinski definition) is 3. The van der Waals surface area contributed by atoms with Gasteiger partial charge in [-0.25, -0.2) is 4.98 Å². The van der Waals surface area contributed by atoms with Crippen molar-refractivity contribution in [3.8, 4) is 11.3 Å². The first-order chi connectivity index (χ1) is 13.2. The zero-order valence-corrected chi connectivity index (χ0v) is 15.2. The van der Waals surface area contributed by atoms with Crippen molar-refractivity contribution in [2.75, 3.05) is 30.3 Å². The topological polar surface area (TPSA) is 118 Å². The van der Waals surface area contributed by atoms with E-state index in [0.29, 0.717) is 24.8 Å². The molecule has 3 N–H and O–H groups in total. The summed E-state index contributed by atoms with van der Waals surface area (Å²) in [4.78, 5) is 24.9. The van der Waals surface area contributed by atoms with E-state index in [4.69, 9.17) is 4.52 Å². The largest absolute Gasteiger partial charge is 0.370 e. The molecule has 0 saturated heterocycles. The lowest BCUT2D eigenvalue weighted by molar-refractivity contribution is 0.0946. The van der Waals surface area contributed by atoms with Crippen molar-refractivity contribution < 1.29 is 9.32 Å². The Morgan fingerprint density at radius 1 is 1.19 bits per heavy atom. The summed E-state index contributed by atoms with van der Waals surface area (Å²) in [7, 11) is 0. The molecule has 0 aromatic carbocycles. The highest BCUT2D eigenvalue weighted by Crippen LogP contribution is 2.18. The van der Waals surface area contributed by atoms with Gasteiger partial charge in [-0.3, -0.25) is 9.78 Å². The van der Waals surface area contributed by atoms with Crippen LogP contribution in [-0.2, 0) is 0 Å².